The summed E-state index contributed by atoms with van der Waals surface area (Å²) < 4.78 is 0.182. The van der Waals surface area contributed by atoms with Gasteiger partial charge in [-0.1, -0.05) is 0 Å². The Morgan fingerprint density at radius 2 is 0.880 bits per heavy atom. The van der Waals surface area contributed by atoms with Gasteiger partial charge in [0.1, 0.15) is 0 Å². The van der Waals surface area contributed by atoms with Crippen LogP contribution in [0.15, 0.2) is 96.1 Å². The van der Waals surface area contributed by atoms with Crippen LogP contribution in [0.1, 0.15) is 121 Å². The van der Waals surface area contributed by atoms with Gasteiger partial charge in [-0.15, -0.1) is 0 Å². The molecular formula is C46H57Cl2SiZr. The maximum absolute atomic E-state index is 8.87. The molecule has 0 spiro atoms. The summed E-state index contributed by atoms with van der Waals surface area (Å²) in [6.45, 7) is 23.6. The van der Waals surface area contributed by atoms with Crippen molar-refractivity contribution in [2.75, 3.05) is 0 Å². The average Bonchev–Trinajstić information content (AvgIpc) is 3.62. The maximum atomic E-state index is 8.87. The van der Waals surface area contributed by atoms with Crippen LogP contribution >= 0.6 is 17.0 Å². The fraction of sp³-hybridized carbons (Fsp3) is 0.391. The molecule has 0 bridgehead atoms. The van der Waals surface area contributed by atoms with Crippen LogP contribution in [0.2, 0.25) is 13.1 Å². The van der Waals surface area contributed by atoms with Crippen molar-refractivity contribution in [3.63, 3.8) is 0 Å². The second-order valence-corrected chi connectivity index (χ2v) is 59.5. The Hall–Kier alpha value is -1.96. The number of hydrogen-bond acceptors (Lipinski definition) is 0. The van der Waals surface area contributed by atoms with Gasteiger partial charge in [-0.3, -0.25) is 0 Å². The van der Waals surface area contributed by atoms with Crippen molar-refractivity contribution in [1.82, 2.24) is 0 Å². The quantitative estimate of drug-likeness (QED) is 0.133. The van der Waals surface area contributed by atoms with Crippen LogP contribution in [0.3, 0.4) is 0 Å². The van der Waals surface area contributed by atoms with E-state index in [0.29, 0.717) is 23.7 Å². The zero-order chi connectivity index (χ0) is 36.1. The molecule has 4 aromatic rings. The van der Waals surface area contributed by atoms with Gasteiger partial charge < -0.3 is 0 Å². The van der Waals surface area contributed by atoms with Gasteiger partial charge in [0.15, 0.2) is 0 Å². The monoisotopic (exact) mass is 797 g/mol. The van der Waals surface area contributed by atoms with E-state index in [1.54, 1.807) is 0 Å². The number of hydrogen-bond donors (Lipinski definition) is 0. The summed E-state index contributed by atoms with van der Waals surface area (Å²) in [5, 5.41) is 0. The fourth-order valence-corrected chi connectivity index (χ4v) is 40.7. The van der Waals surface area contributed by atoms with Gasteiger partial charge in [-0.2, -0.15) is 0 Å². The van der Waals surface area contributed by atoms with Crippen LogP contribution in [-0.4, -0.2) is 5.92 Å². The van der Waals surface area contributed by atoms with Crippen LogP contribution in [0, 0.1) is 11.8 Å². The van der Waals surface area contributed by atoms with Crippen LogP contribution in [0.5, 0.6) is 0 Å². The Morgan fingerprint density at radius 3 is 1.22 bits per heavy atom. The molecule has 0 radical (unpaired) electrons. The molecule has 0 nitrogen and oxygen atoms in total. The van der Waals surface area contributed by atoms with Crippen molar-refractivity contribution >= 4 is 35.1 Å². The number of halogens is 2. The molecule has 2 aliphatic rings. The van der Waals surface area contributed by atoms with Crippen molar-refractivity contribution in [3.8, 4) is 22.3 Å². The summed E-state index contributed by atoms with van der Waals surface area (Å²) in [4.78, 5) is 0. The zero-order valence-electron chi connectivity index (χ0n) is 31.9. The summed E-state index contributed by atoms with van der Waals surface area (Å²) in [7, 11) is 17.7. The minimum atomic E-state index is -4.93. The van der Waals surface area contributed by atoms with Crippen LogP contribution in [-0.2, 0) is 15.6 Å². The first-order valence-corrected chi connectivity index (χ1v) is 35.4. The molecule has 0 aromatic heterocycles. The van der Waals surface area contributed by atoms with E-state index in [2.05, 4.69) is 166 Å². The molecule has 4 aromatic carbocycles. The molecule has 2 atom stereocenters. The van der Waals surface area contributed by atoms with Crippen LogP contribution in [0.4, 0.5) is 0 Å². The third-order valence-electron chi connectivity index (χ3n) is 11.5. The van der Waals surface area contributed by atoms with Crippen LogP contribution in [0.25, 0.3) is 34.4 Å². The molecule has 263 valence electrons. The first-order chi connectivity index (χ1) is 23.6. The normalized spacial score (nSPS) is 18.1. The molecule has 0 saturated heterocycles. The molecule has 0 heterocycles. The summed E-state index contributed by atoms with van der Waals surface area (Å²) in [6, 6.07) is 32.0. The van der Waals surface area contributed by atoms with Gasteiger partial charge in [-0.25, -0.2) is 0 Å². The standard InChI is InChI=1S/2C22H25.C2H7Si.2ClH.Zr/c2*1-15(2)12-17-13-18-8-7-11-21(22(18)14-17)20-10-6-5-9-19(20)16(3)4;1-3-2;;;/h2*5-11,13-16H,12H2,1-4H3;3H,1-2H3;2*1H;/q;;;;;+2/p-2. The number of rotatable bonds is 11. The van der Waals surface area contributed by atoms with Crippen molar-refractivity contribution in [1.29, 1.82) is 0 Å². The zero-order valence-corrected chi connectivity index (χ0v) is 37.1. The van der Waals surface area contributed by atoms with Gasteiger partial charge >= 0.3 is 315 Å². The van der Waals surface area contributed by atoms with E-state index in [1.165, 1.54) is 66.8 Å². The van der Waals surface area contributed by atoms with Gasteiger partial charge in [0.05, 0.1) is 0 Å². The minimum absolute atomic E-state index is 0.0909. The predicted octanol–water partition coefficient (Wildman–Crippen LogP) is 14.9. The summed E-state index contributed by atoms with van der Waals surface area (Å²) in [6.07, 6.45) is 7.11. The van der Waals surface area contributed by atoms with E-state index in [4.69, 9.17) is 17.0 Å². The summed E-state index contributed by atoms with van der Waals surface area (Å²) >= 11 is -4.93. The van der Waals surface area contributed by atoms with Crippen LogP contribution < -0.4 is 0 Å². The third kappa shape index (κ3) is 6.48. The molecular weight excluding hydrogens is 743 g/mol. The summed E-state index contributed by atoms with van der Waals surface area (Å²) in [5.74, 6) is 0.195. The van der Waals surface area contributed by atoms with Crippen molar-refractivity contribution in [2.24, 2.45) is 11.8 Å². The molecule has 6 rings (SSSR count). The Labute approximate surface area is 312 Å². The van der Waals surface area contributed by atoms with E-state index < -0.39 is 21.5 Å². The molecule has 0 saturated carbocycles. The molecule has 0 aliphatic heterocycles. The topological polar surface area (TPSA) is 0 Å². The Bertz CT molecular complexity index is 1830. The van der Waals surface area contributed by atoms with Gasteiger partial charge in [0.25, 0.3) is 0 Å². The predicted molar refractivity (Wildman–Crippen MR) is 223 cm³/mol. The van der Waals surface area contributed by atoms with E-state index in [9.17, 15) is 0 Å². The first-order valence-electron chi connectivity index (χ1n) is 19.1. The van der Waals surface area contributed by atoms with E-state index >= 15 is 0 Å². The second kappa shape index (κ2) is 14.5. The number of benzene rings is 4. The average molecular weight is 800 g/mol. The molecule has 4 heteroatoms. The summed E-state index contributed by atoms with van der Waals surface area (Å²) in [5.41, 5.74) is 16.5. The van der Waals surface area contributed by atoms with Crippen molar-refractivity contribution < 1.29 is 15.6 Å². The van der Waals surface area contributed by atoms with Crippen molar-refractivity contribution in [2.45, 2.75) is 100 Å². The van der Waals surface area contributed by atoms with E-state index in [-0.39, 0.29) is 7.25 Å². The molecule has 0 N–H and O–H groups in total. The Balaban J connectivity index is 1.63. The van der Waals surface area contributed by atoms with E-state index in [0.717, 1.165) is 12.8 Å². The van der Waals surface area contributed by atoms with Gasteiger partial charge in [-0.05, 0) is 0 Å². The molecule has 2 unspecified atom stereocenters. The van der Waals surface area contributed by atoms with Gasteiger partial charge in [0.2, 0.25) is 0 Å². The Kier molecular flexibility index (Phi) is 10.9. The Morgan fingerprint density at radius 1 is 0.520 bits per heavy atom. The van der Waals surface area contributed by atoms with E-state index in [1.807, 2.05) is 0 Å². The molecule has 0 fully saturated rings. The first kappa shape index (κ1) is 37.8. The fourth-order valence-electron chi connectivity index (χ4n) is 9.32. The number of allylic oxidation sites excluding steroid dienone is 2. The second-order valence-electron chi connectivity index (χ2n) is 17.0. The molecule has 50 heavy (non-hydrogen) atoms. The molecule has 0 amide bonds. The van der Waals surface area contributed by atoms with Gasteiger partial charge in [0, 0.05) is 0 Å². The molecule has 2 aliphatic carbocycles. The SMILES string of the molecule is CC(C)CC1=Cc2c(-c3ccccc3C(C)C)cccc2[CH]1[Zr]([Cl])([Cl])([CH]1C(CC(C)C)=Cc2c(-c3ccccc3C(C)C)cccc21)[SiH](C)C. The third-order valence-corrected chi connectivity index (χ3v) is 63.4. The van der Waals surface area contributed by atoms with Crippen molar-refractivity contribution in [3.05, 3.63) is 129 Å². The number of fused-ring (bicyclic) bond motifs is 2.